The van der Waals surface area contributed by atoms with E-state index < -0.39 is 5.41 Å². The number of hydrogen-bond donors (Lipinski definition) is 1. The van der Waals surface area contributed by atoms with Gasteiger partial charge in [0.15, 0.2) is 5.82 Å². The summed E-state index contributed by atoms with van der Waals surface area (Å²) in [6, 6.07) is 26.7. The molecule has 2 aromatic carbocycles. The van der Waals surface area contributed by atoms with Gasteiger partial charge in [-0.15, -0.1) is 0 Å². The number of fused-ring (bicyclic) bond motifs is 1. The van der Waals surface area contributed by atoms with Gasteiger partial charge in [0.05, 0.1) is 34.6 Å². The highest BCUT2D eigenvalue weighted by Crippen LogP contribution is 2.47. The largest absolute Gasteiger partial charge is 0.364 e. The zero-order valence-corrected chi connectivity index (χ0v) is 19.0. The predicted octanol–water partition coefficient (Wildman–Crippen LogP) is 5.92. The first-order valence-corrected chi connectivity index (χ1v) is 11.6. The van der Waals surface area contributed by atoms with E-state index in [1.54, 1.807) is 18.6 Å². The van der Waals surface area contributed by atoms with E-state index in [0.717, 1.165) is 57.5 Å². The van der Waals surface area contributed by atoms with E-state index in [4.69, 9.17) is 9.97 Å². The molecule has 0 amide bonds. The standard InChI is InChI=1S/C29H22N6/c30-19-29(12-13-29)22-15-21(16-31-17-22)27-34-25-11-6-10-24(20-7-2-1-3-8-20)26(25)28(35-27)33-18-23-9-4-5-14-32-23/h1-11,14-17H,12-13,18H2,(H,33,34,35). The Hall–Kier alpha value is -4.63. The van der Waals surface area contributed by atoms with E-state index in [1.165, 1.54) is 0 Å². The maximum atomic E-state index is 9.65. The van der Waals surface area contributed by atoms with Crippen LogP contribution in [0.5, 0.6) is 0 Å². The molecule has 3 aromatic heterocycles. The average molecular weight is 455 g/mol. The van der Waals surface area contributed by atoms with E-state index in [-0.39, 0.29) is 0 Å². The van der Waals surface area contributed by atoms with E-state index in [0.29, 0.717) is 12.4 Å². The van der Waals surface area contributed by atoms with Gasteiger partial charge < -0.3 is 5.32 Å². The number of hydrogen-bond acceptors (Lipinski definition) is 6. The summed E-state index contributed by atoms with van der Waals surface area (Å²) in [7, 11) is 0. The Morgan fingerprint density at radius 3 is 2.51 bits per heavy atom. The van der Waals surface area contributed by atoms with Crippen LogP contribution < -0.4 is 5.32 Å². The van der Waals surface area contributed by atoms with Crippen LogP contribution in [0.15, 0.2) is 91.4 Å². The van der Waals surface area contributed by atoms with Crippen molar-refractivity contribution in [3.8, 4) is 28.6 Å². The van der Waals surface area contributed by atoms with Crippen molar-refractivity contribution in [2.45, 2.75) is 24.8 Å². The molecule has 1 aliphatic carbocycles. The minimum atomic E-state index is -0.416. The number of pyridine rings is 2. The van der Waals surface area contributed by atoms with Crippen molar-refractivity contribution < 1.29 is 0 Å². The summed E-state index contributed by atoms with van der Waals surface area (Å²) in [5.74, 6) is 1.32. The summed E-state index contributed by atoms with van der Waals surface area (Å²) in [5.41, 5.74) is 5.24. The van der Waals surface area contributed by atoms with Crippen molar-refractivity contribution in [3.05, 3.63) is 103 Å². The maximum Gasteiger partial charge on any atom is 0.163 e. The lowest BCUT2D eigenvalue weighted by molar-refractivity contribution is 0.897. The molecule has 1 aliphatic rings. The van der Waals surface area contributed by atoms with Gasteiger partial charge in [0.25, 0.3) is 0 Å². The highest BCUT2D eigenvalue weighted by Gasteiger charge is 2.45. The fourth-order valence-corrected chi connectivity index (χ4v) is 4.39. The molecule has 6 nitrogen and oxygen atoms in total. The minimum Gasteiger partial charge on any atom is -0.364 e. The van der Waals surface area contributed by atoms with Crippen molar-refractivity contribution in [1.82, 2.24) is 19.9 Å². The molecule has 0 radical (unpaired) electrons. The molecule has 168 valence electrons. The molecule has 6 heteroatoms. The third-order valence-electron chi connectivity index (χ3n) is 6.48. The average Bonchev–Trinajstić information content (AvgIpc) is 3.74. The summed E-state index contributed by atoms with van der Waals surface area (Å²) in [6.45, 7) is 0.533. The Morgan fingerprint density at radius 2 is 1.74 bits per heavy atom. The normalized spacial score (nSPS) is 13.8. The lowest BCUT2D eigenvalue weighted by Crippen LogP contribution is -2.07. The number of anilines is 1. The van der Waals surface area contributed by atoms with Crippen molar-refractivity contribution in [2.24, 2.45) is 0 Å². The Bertz CT molecular complexity index is 1550. The van der Waals surface area contributed by atoms with Crippen LogP contribution in [0.1, 0.15) is 24.1 Å². The molecule has 1 N–H and O–H groups in total. The molecular weight excluding hydrogens is 432 g/mol. The van der Waals surface area contributed by atoms with Crippen LogP contribution in [-0.2, 0) is 12.0 Å². The molecule has 0 aliphatic heterocycles. The van der Waals surface area contributed by atoms with Crippen molar-refractivity contribution in [1.29, 1.82) is 5.26 Å². The molecule has 0 bridgehead atoms. The van der Waals surface area contributed by atoms with Gasteiger partial charge in [0.1, 0.15) is 5.82 Å². The van der Waals surface area contributed by atoms with Gasteiger partial charge in [0.2, 0.25) is 0 Å². The van der Waals surface area contributed by atoms with Crippen molar-refractivity contribution in [2.75, 3.05) is 5.32 Å². The maximum absolute atomic E-state index is 9.65. The second-order valence-electron chi connectivity index (χ2n) is 8.79. The van der Waals surface area contributed by atoms with Gasteiger partial charge in [-0.1, -0.05) is 48.5 Å². The summed E-state index contributed by atoms with van der Waals surface area (Å²) < 4.78 is 0. The van der Waals surface area contributed by atoms with E-state index in [2.05, 4.69) is 39.6 Å². The zero-order valence-electron chi connectivity index (χ0n) is 19.0. The van der Waals surface area contributed by atoms with Crippen LogP contribution in [0.4, 0.5) is 5.82 Å². The molecule has 0 spiro atoms. The van der Waals surface area contributed by atoms with Crippen LogP contribution in [0, 0.1) is 11.3 Å². The first kappa shape index (κ1) is 20.9. The fourth-order valence-electron chi connectivity index (χ4n) is 4.39. The Morgan fingerprint density at radius 1 is 0.886 bits per heavy atom. The molecule has 0 unspecified atom stereocenters. The van der Waals surface area contributed by atoms with Crippen LogP contribution >= 0.6 is 0 Å². The topological polar surface area (TPSA) is 87.4 Å². The second kappa shape index (κ2) is 8.62. The smallest absolute Gasteiger partial charge is 0.163 e. The van der Waals surface area contributed by atoms with Gasteiger partial charge in [-0.3, -0.25) is 9.97 Å². The Kier molecular flexibility index (Phi) is 5.16. The summed E-state index contributed by atoms with van der Waals surface area (Å²) >= 11 is 0. The molecule has 1 fully saturated rings. The van der Waals surface area contributed by atoms with Crippen LogP contribution in [-0.4, -0.2) is 19.9 Å². The van der Waals surface area contributed by atoms with Crippen molar-refractivity contribution in [3.63, 3.8) is 0 Å². The highest BCUT2D eigenvalue weighted by molar-refractivity contribution is 6.02. The van der Waals surface area contributed by atoms with Gasteiger partial charge in [-0.05, 0) is 53.8 Å². The highest BCUT2D eigenvalue weighted by atomic mass is 15.0. The molecule has 6 rings (SSSR count). The Balaban J connectivity index is 1.50. The first-order chi connectivity index (χ1) is 17.3. The van der Waals surface area contributed by atoms with Gasteiger partial charge in [-0.25, -0.2) is 9.97 Å². The molecular formula is C29H22N6. The van der Waals surface area contributed by atoms with E-state index in [1.807, 2.05) is 54.6 Å². The number of nitriles is 1. The lowest BCUT2D eigenvalue weighted by atomic mass is 9.98. The van der Waals surface area contributed by atoms with Gasteiger partial charge in [0, 0.05) is 24.2 Å². The van der Waals surface area contributed by atoms with E-state index in [9.17, 15) is 5.26 Å². The first-order valence-electron chi connectivity index (χ1n) is 11.6. The summed E-state index contributed by atoms with van der Waals surface area (Å²) in [4.78, 5) is 18.8. The molecule has 35 heavy (non-hydrogen) atoms. The molecule has 0 saturated heterocycles. The zero-order chi connectivity index (χ0) is 23.7. The second-order valence-corrected chi connectivity index (χ2v) is 8.79. The van der Waals surface area contributed by atoms with E-state index >= 15 is 0 Å². The molecule has 1 saturated carbocycles. The quantitative estimate of drug-likeness (QED) is 0.343. The third kappa shape index (κ3) is 3.98. The number of nitrogens with zero attached hydrogens (tertiary/aromatic N) is 5. The predicted molar refractivity (Wildman–Crippen MR) is 136 cm³/mol. The lowest BCUT2D eigenvalue weighted by Gasteiger charge is -2.15. The molecule has 3 heterocycles. The van der Waals surface area contributed by atoms with Gasteiger partial charge >= 0.3 is 0 Å². The number of rotatable bonds is 6. The fraction of sp³-hybridized carbons (Fsp3) is 0.138. The number of nitrogens with one attached hydrogen (secondary N) is 1. The van der Waals surface area contributed by atoms with Crippen LogP contribution in [0.3, 0.4) is 0 Å². The van der Waals surface area contributed by atoms with Crippen molar-refractivity contribution >= 4 is 16.7 Å². The summed E-state index contributed by atoms with van der Waals surface area (Å²) in [6.07, 6.45) is 7.07. The number of benzene rings is 2. The molecule has 5 aromatic rings. The Labute approximate surface area is 203 Å². The SMILES string of the molecule is N#CC1(c2cncc(-c3nc(NCc4ccccn4)c4c(-c5ccccc5)cccc4n3)c2)CC1. The van der Waals surface area contributed by atoms with Crippen LogP contribution in [0.25, 0.3) is 33.4 Å². The minimum absolute atomic E-state index is 0.416. The monoisotopic (exact) mass is 454 g/mol. The third-order valence-corrected chi connectivity index (χ3v) is 6.48. The van der Waals surface area contributed by atoms with Gasteiger partial charge in [-0.2, -0.15) is 5.26 Å². The van der Waals surface area contributed by atoms with Crippen LogP contribution in [0.2, 0.25) is 0 Å². The summed E-state index contributed by atoms with van der Waals surface area (Å²) in [5, 5.41) is 14.1. The molecule has 0 atom stereocenters. The number of aromatic nitrogens is 4.